The van der Waals surface area contributed by atoms with Crippen molar-refractivity contribution in [2.45, 2.75) is 19.9 Å². The Balaban J connectivity index is 1.34. The normalized spacial score (nSPS) is 14.5. The number of halogens is 2. The van der Waals surface area contributed by atoms with Crippen molar-refractivity contribution in [1.29, 1.82) is 0 Å². The van der Waals surface area contributed by atoms with E-state index < -0.39 is 0 Å². The number of nitrogens with one attached hydrogen (secondary N) is 1. The fourth-order valence-corrected chi connectivity index (χ4v) is 4.30. The summed E-state index contributed by atoms with van der Waals surface area (Å²) < 4.78 is 16.0. The van der Waals surface area contributed by atoms with Crippen molar-refractivity contribution in [3.05, 3.63) is 69.8 Å². The number of benzene rings is 1. The third kappa shape index (κ3) is 4.87. The lowest BCUT2D eigenvalue weighted by molar-refractivity contribution is 0.0762. The van der Waals surface area contributed by atoms with E-state index in [1.54, 1.807) is 9.80 Å². The summed E-state index contributed by atoms with van der Waals surface area (Å²) in [6, 6.07) is 7.37. The molecule has 1 aliphatic rings. The third-order valence-corrected chi connectivity index (χ3v) is 5.77. The predicted octanol–water partition coefficient (Wildman–Crippen LogP) is 3.60. The van der Waals surface area contributed by atoms with Crippen molar-refractivity contribution in [3.8, 4) is 0 Å². The molecule has 0 bridgehead atoms. The molecule has 0 saturated carbocycles. The van der Waals surface area contributed by atoms with E-state index in [0.717, 1.165) is 21.4 Å². The summed E-state index contributed by atoms with van der Waals surface area (Å²) in [4.78, 5) is 33.4. The Morgan fingerprint density at radius 1 is 1.10 bits per heavy atom. The van der Waals surface area contributed by atoms with Crippen molar-refractivity contribution in [1.82, 2.24) is 24.5 Å². The zero-order valence-corrected chi connectivity index (χ0v) is 18.7. The van der Waals surface area contributed by atoms with Crippen LogP contribution in [-0.2, 0) is 6.54 Å². The summed E-state index contributed by atoms with van der Waals surface area (Å²) in [6.45, 7) is 4.32. The first kappa shape index (κ1) is 21.3. The van der Waals surface area contributed by atoms with Gasteiger partial charge in [0.25, 0.3) is 5.91 Å². The maximum Gasteiger partial charge on any atom is 0.317 e. The highest BCUT2D eigenvalue weighted by atomic mass is 79.9. The topological polar surface area (TPSA) is 70.0 Å². The Labute approximate surface area is 188 Å². The molecule has 2 aromatic heterocycles. The molecule has 9 heteroatoms. The van der Waals surface area contributed by atoms with Crippen LogP contribution in [0.25, 0.3) is 5.65 Å². The second-order valence-electron chi connectivity index (χ2n) is 7.60. The van der Waals surface area contributed by atoms with Gasteiger partial charge in [-0.1, -0.05) is 0 Å². The van der Waals surface area contributed by atoms with Crippen LogP contribution in [0.15, 0.2) is 47.2 Å². The molecular formula is C22H23BrFN5O2. The van der Waals surface area contributed by atoms with Crippen LogP contribution in [-0.4, -0.2) is 57.3 Å². The minimum atomic E-state index is -0.372. The molecule has 1 saturated heterocycles. The molecule has 3 aromatic rings. The lowest BCUT2D eigenvalue weighted by Gasteiger charge is -2.22. The SMILES string of the molecule is Cc1cc(Br)cn2cc(CNC(=O)N3CCCN(C(=O)c4ccc(F)cc4)CC3)nc12. The molecule has 0 unspecified atom stereocenters. The molecule has 1 aromatic carbocycles. The van der Waals surface area contributed by atoms with Gasteiger partial charge in [0.15, 0.2) is 0 Å². The molecule has 7 nitrogen and oxygen atoms in total. The molecule has 0 aliphatic carbocycles. The number of carbonyl (C=O) groups is 2. The summed E-state index contributed by atoms with van der Waals surface area (Å²) in [5, 5.41) is 2.93. The number of nitrogens with zero attached hydrogens (tertiary/aromatic N) is 4. The Hall–Kier alpha value is -2.94. The highest BCUT2D eigenvalue weighted by molar-refractivity contribution is 9.10. The molecule has 1 fully saturated rings. The number of pyridine rings is 1. The summed E-state index contributed by atoms with van der Waals surface area (Å²) in [7, 11) is 0. The highest BCUT2D eigenvalue weighted by Gasteiger charge is 2.23. The lowest BCUT2D eigenvalue weighted by Crippen LogP contribution is -2.42. The molecule has 0 spiro atoms. The van der Waals surface area contributed by atoms with Crippen LogP contribution in [0.4, 0.5) is 9.18 Å². The Bertz CT molecular complexity index is 1120. The second kappa shape index (κ2) is 9.05. The van der Waals surface area contributed by atoms with Gasteiger partial charge in [-0.25, -0.2) is 14.2 Å². The zero-order chi connectivity index (χ0) is 22.0. The summed E-state index contributed by atoms with van der Waals surface area (Å²) in [5.74, 6) is -0.517. The number of aryl methyl sites for hydroxylation is 1. The van der Waals surface area contributed by atoms with Crippen molar-refractivity contribution in [2.75, 3.05) is 26.2 Å². The molecule has 0 atom stereocenters. The molecule has 162 valence electrons. The van der Waals surface area contributed by atoms with Gasteiger partial charge in [0.1, 0.15) is 11.5 Å². The van der Waals surface area contributed by atoms with E-state index >= 15 is 0 Å². The molecular weight excluding hydrogens is 465 g/mol. The summed E-state index contributed by atoms with van der Waals surface area (Å²) in [6.07, 6.45) is 4.52. The fraction of sp³-hybridized carbons (Fsp3) is 0.318. The van der Waals surface area contributed by atoms with E-state index in [4.69, 9.17) is 0 Å². The van der Waals surface area contributed by atoms with Crippen LogP contribution in [0.1, 0.15) is 28.0 Å². The predicted molar refractivity (Wildman–Crippen MR) is 118 cm³/mol. The van der Waals surface area contributed by atoms with Crippen LogP contribution in [0.5, 0.6) is 0 Å². The van der Waals surface area contributed by atoms with Gasteiger partial charge in [-0.3, -0.25) is 4.79 Å². The Kier molecular flexibility index (Phi) is 6.22. The number of hydrogen-bond acceptors (Lipinski definition) is 3. The van der Waals surface area contributed by atoms with Crippen LogP contribution in [0, 0.1) is 12.7 Å². The van der Waals surface area contributed by atoms with E-state index in [1.807, 2.05) is 29.8 Å². The summed E-state index contributed by atoms with van der Waals surface area (Å²) >= 11 is 3.48. The first-order valence-corrected chi connectivity index (χ1v) is 10.9. The largest absolute Gasteiger partial charge is 0.337 e. The van der Waals surface area contributed by atoms with Crippen LogP contribution < -0.4 is 5.32 Å². The van der Waals surface area contributed by atoms with Gasteiger partial charge < -0.3 is 19.5 Å². The van der Waals surface area contributed by atoms with E-state index in [1.165, 1.54) is 24.3 Å². The first-order chi connectivity index (χ1) is 14.9. The number of fused-ring (bicyclic) bond motifs is 1. The number of amides is 3. The Morgan fingerprint density at radius 2 is 1.81 bits per heavy atom. The van der Waals surface area contributed by atoms with Crippen molar-refractivity contribution in [3.63, 3.8) is 0 Å². The van der Waals surface area contributed by atoms with Crippen LogP contribution in [0.2, 0.25) is 0 Å². The van der Waals surface area contributed by atoms with E-state index in [-0.39, 0.29) is 17.8 Å². The van der Waals surface area contributed by atoms with Crippen LogP contribution in [0.3, 0.4) is 0 Å². The van der Waals surface area contributed by atoms with Crippen molar-refractivity contribution < 1.29 is 14.0 Å². The van der Waals surface area contributed by atoms with Crippen molar-refractivity contribution in [2.24, 2.45) is 0 Å². The van der Waals surface area contributed by atoms with Gasteiger partial charge in [-0.2, -0.15) is 0 Å². The fourth-order valence-electron chi connectivity index (χ4n) is 3.74. The molecule has 3 amide bonds. The molecule has 1 N–H and O–H groups in total. The number of rotatable bonds is 3. The summed E-state index contributed by atoms with van der Waals surface area (Å²) in [5.41, 5.74) is 3.13. The molecule has 3 heterocycles. The standard InChI is InChI=1S/C22H23BrFN5O2/c1-15-11-17(23)13-29-14-19(26-20(15)29)12-25-22(31)28-8-2-7-27(9-10-28)21(30)16-3-5-18(24)6-4-16/h3-6,11,13-14H,2,7-10,12H2,1H3,(H,25,31). The Morgan fingerprint density at radius 3 is 2.58 bits per heavy atom. The van der Waals surface area contributed by atoms with E-state index in [9.17, 15) is 14.0 Å². The van der Waals surface area contributed by atoms with Gasteiger partial charge in [-0.15, -0.1) is 0 Å². The number of carbonyl (C=O) groups excluding carboxylic acids is 2. The first-order valence-electron chi connectivity index (χ1n) is 10.1. The number of aromatic nitrogens is 2. The molecule has 4 rings (SSSR count). The molecule has 31 heavy (non-hydrogen) atoms. The highest BCUT2D eigenvalue weighted by Crippen LogP contribution is 2.17. The van der Waals surface area contributed by atoms with Gasteiger partial charge >= 0.3 is 6.03 Å². The van der Waals surface area contributed by atoms with E-state index in [2.05, 4.69) is 26.2 Å². The van der Waals surface area contributed by atoms with Gasteiger partial charge in [0.05, 0.1) is 12.2 Å². The van der Waals surface area contributed by atoms with Crippen LogP contribution >= 0.6 is 15.9 Å². The smallest absolute Gasteiger partial charge is 0.317 e. The average Bonchev–Trinajstić information content (AvgIpc) is 2.99. The second-order valence-corrected chi connectivity index (χ2v) is 8.52. The maximum absolute atomic E-state index is 13.1. The third-order valence-electron chi connectivity index (χ3n) is 5.33. The number of imidazole rings is 1. The molecule has 1 aliphatic heterocycles. The van der Waals surface area contributed by atoms with E-state index in [0.29, 0.717) is 44.7 Å². The number of urea groups is 1. The molecule has 0 radical (unpaired) electrons. The lowest BCUT2D eigenvalue weighted by atomic mass is 10.2. The van der Waals surface area contributed by atoms with Crippen molar-refractivity contribution >= 4 is 33.5 Å². The number of hydrogen-bond donors (Lipinski definition) is 1. The van der Waals surface area contributed by atoms with Gasteiger partial charge in [-0.05, 0) is 65.2 Å². The van der Waals surface area contributed by atoms with Gasteiger partial charge in [0, 0.05) is 48.6 Å². The monoisotopic (exact) mass is 487 g/mol. The quantitative estimate of drug-likeness (QED) is 0.613. The zero-order valence-electron chi connectivity index (χ0n) is 17.1. The van der Waals surface area contributed by atoms with Gasteiger partial charge in [0.2, 0.25) is 0 Å². The average molecular weight is 488 g/mol. The minimum absolute atomic E-state index is 0.145. The maximum atomic E-state index is 13.1. The minimum Gasteiger partial charge on any atom is -0.337 e.